The molecule has 3 aromatic rings. The molecule has 0 spiro atoms. The molecule has 0 radical (unpaired) electrons. The van der Waals surface area contributed by atoms with E-state index in [-0.39, 0.29) is 11.9 Å². The van der Waals surface area contributed by atoms with Crippen LogP contribution in [0.15, 0.2) is 45.4 Å². The molecule has 1 aliphatic rings. The van der Waals surface area contributed by atoms with Gasteiger partial charge in [0.05, 0.1) is 17.3 Å². The standard InChI is InChI=1S/C20H21N3O2S2/c1-3-17-15-7-10-26-18(15)6-9-23(17)20(24)16-5-4-8-21-19(16)27-12-14-11-13(2)25-22-14/h4-5,7-8,10-11,17H,3,6,9,12H2,1-2H3. The number of thioether (sulfide) groups is 1. The minimum atomic E-state index is 0.0608. The van der Waals surface area contributed by atoms with Crippen molar-refractivity contribution in [2.24, 2.45) is 0 Å². The maximum absolute atomic E-state index is 13.4. The molecule has 140 valence electrons. The van der Waals surface area contributed by atoms with Crippen LogP contribution in [0.2, 0.25) is 0 Å². The number of thiophene rings is 1. The molecule has 1 unspecified atom stereocenters. The number of carbonyl (C=O) groups excluding carboxylic acids is 1. The van der Waals surface area contributed by atoms with E-state index in [1.54, 1.807) is 17.5 Å². The van der Waals surface area contributed by atoms with Gasteiger partial charge in [0.2, 0.25) is 0 Å². The topological polar surface area (TPSA) is 59.2 Å². The summed E-state index contributed by atoms with van der Waals surface area (Å²) in [5, 5.41) is 6.90. The number of hydrogen-bond donors (Lipinski definition) is 0. The molecule has 5 nitrogen and oxygen atoms in total. The highest BCUT2D eigenvalue weighted by molar-refractivity contribution is 7.98. The monoisotopic (exact) mass is 399 g/mol. The van der Waals surface area contributed by atoms with Crippen molar-refractivity contribution in [1.29, 1.82) is 0 Å². The molecule has 0 bridgehead atoms. The lowest BCUT2D eigenvalue weighted by Gasteiger charge is -2.35. The number of nitrogens with zero attached hydrogens (tertiary/aromatic N) is 3. The predicted octanol–water partition coefficient (Wildman–Crippen LogP) is 4.88. The average Bonchev–Trinajstić information content (AvgIpc) is 3.33. The smallest absolute Gasteiger partial charge is 0.257 e. The molecular formula is C20H21N3O2S2. The van der Waals surface area contributed by atoms with Gasteiger partial charge in [0.15, 0.2) is 0 Å². The van der Waals surface area contributed by atoms with Crippen LogP contribution in [0.1, 0.15) is 51.6 Å². The van der Waals surface area contributed by atoms with E-state index in [1.165, 1.54) is 22.2 Å². The largest absolute Gasteiger partial charge is 0.361 e. The minimum absolute atomic E-state index is 0.0608. The maximum Gasteiger partial charge on any atom is 0.257 e. The molecule has 1 amide bonds. The van der Waals surface area contributed by atoms with Gasteiger partial charge in [-0.3, -0.25) is 4.79 Å². The summed E-state index contributed by atoms with van der Waals surface area (Å²) >= 11 is 3.32. The van der Waals surface area contributed by atoms with Crippen LogP contribution in [0.4, 0.5) is 0 Å². The number of aryl methyl sites for hydroxylation is 1. The third kappa shape index (κ3) is 3.66. The molecule has 7 heteroatoms. The van der Waals surface area contributed by atoms with E-state index in [0.717, 1.165) is 35.9 Å². The summed E-state index contributed by atoms with van der Waals surface area (Å²) in [6.45, 7) is 4.77. The molecule has 0 aliphatic carbocycles. The van der Waals surface area contributed by atoms with Crippen LogP contribution in [0.25, 0.3) is 0 Å². The quantitative estimate of drug-likeness (QED) is 0.572. The Bertz CT molecular complexity index is 950. The zero-order valence-electron chi connectivity index (χ0n) is 15.3. The number of hydrogen-bond acceptors (Lipinski definition) is 6. The molecule has 4 heterocycles. The highest BCUT2D eigenvalue weighted by Crippen LogP contribution is 2.37. The Kier molecular flexibility index (Phi) is 5.31. The number of amides is 1. The van der Waals surface area contributed by atoms with Crippen LogP contribution >= 0.6 is 23.1 Å². The number of carbonyl (C=O) groups is 1. The Morgan fingerprint density at radius 2 is 2.33 bits per heavy atom. The molecule has 3 aromatic heterocycles. The third-order valence-electron chi connectivity index (χ3n) is 4.78. The fourth-order valence-corrected chi connectivity index (χ4v) is 5.33. The molecule has 0 saturated carbocycles. The molecule has 0 N–H and O–H groups in total. The SMILES string of the molecule is CCC1c2ccsc2CCN1C(=O)c1cccnc1SCc1cc(C)on1. The van der Waals surface area contributed by atoms with Gasteiger partial charge < -0.3 is 9.42 Å². The van der Waals surface area contributed by atoms with Crippen molar-refractivity contribution < 1.29 is 9.32 Å². The van der Waals surface area contributed by atoms with Gasteiger partial charge in [0, 0.05) is 29.4 Å². The van der Waals surface area contributed by atoms with Crippen molar-refractivity contribution in [1.82, 2.24) is 15.0 Å². The van der Waals surface area contributed by atoms with Gasteiger partial charge in [-0.05, 0) is 48.9 Å². The van der Waals surface area contributed by atoms with Crippen LogP contribution < -0.4 is 0 Å². The summed E-state index contributed by atoms with van der Waals surface area (Å²) in [7, 11) is 0. The van der Waals surface area contributed by atoms with Gasteiger partial charge in [0.25, 0.3) is 5.91 Å². The van der Waals surface area contributed by atoms with Crippen molar-refractivity contribution in [2.45, 2.75) is 43.5 Å². The summed E-state index contributed by atoms with van der Waals surface area (Å²) in [4.78, 5) is 21.3. The fraction of sp³-hybridized carbons (Fsp3) is 0.350. The van der Waals surface area contributed by atoms with Gasteiger partial charge in [-0.25, -0.2) is 4.98 Å². The van der Waals surface area contributed by atoms with Crippen LogP contribution in [-0.2, 0) is 12.2 Å². The molecular weight excluding hydrogens is 378 g/mol. The Labute approximate surface area is 166 Å². The summed E-state index contributed by atoms with van der Waals surface area (Å²) in [5.74, 6) is 1.47. The summed E-state index contributed by atoms with van der Waals surface area (Å²) in [6, 6.07) is 7.93. The Hall–Kier alpha value is -2.12. The van der Waals surface area contributed by atoms with Gasteiger partial charge in [0.1, 0.15) is 10.8 Å². The molecule has 4 rings (SSSR count). The first-order chi connectivity index (χ1) is 13.2. The number of pyridine rings is 1. The van der Waals surface area contributed by atoms with Crippen molar-refractivity contribution in [3.05, 3.63) is 63.3 Å². The second kappa shape index (κ2) is 7.86. The van der Waals surface area contributed by atoms with Gasteiger partial charge in [-0.1, -0.05) is 23.8 Å². The van der Waals surface area contributed by atoms with Crippen molar-refractivity contribution in [3.63, 3.8) is 0 Å². The summed E-state index contributed by atoms with van der Waals surface area (Å²) < 4.78 is 5.12. The van der Waals surface area contributed by atoms with Gasteiger partial charge >= 0.3 is 0 Å². The number of rotatable bonds is 5. The number of aromatic nitrogens is 2. The highest BCUT2D eigenvalue weighted by Gasteiger charge is 2.32. The van der Waals surface area contributed by atoms with E-state index in [0.29, 0.717) is 11.3 Å². The van der Waals surface area contributed by atoms with Crippen molar-refractivity contribution in [3.8, 4) is 0 Å². The highest BCUT2D eigenvalue weighted by atomic mass is 32.2. The van der Waals surface area contributed by atoms with Crippen LogP contribution in [0.3, 0.4) is 0 Å². The van der Waals surface area contributed by atoms with Gasteiger partial charge in [-0.2, -0.15) is 0 Å². The lowest BCUT2D eigenvalue weighted by molar-refractivity contribution is 0.0653. The first-order valence-corrected chi connectivity index (χ1v) is 10.9. The lowest BCUT2D eigenvalue weighted by atomic mass is 9.97. The van der Waals surface area contributed by atoms with E-state index in [2.05, 4.69) is 28.5 Å². The lowest BCUT2D eigenvalue weighted by Crippen LogP contribution is -2.39. The molecule has 1 aliphatic heterocycles. The predicted molar refractivity (Wildman–Crippen MR) is 107 cm³/mol. The second-order valence-electron chi connectivity index (χ2n) is 6.55. The first kappa shape index (κ1) is 18.3. The van der Waals surface area contributed by atoms with E-state index in [9.17, 15) is 4.79 Å². The Balaban J connectivity index is 1.57. The van der Waals surface area contributed by atoms with Crippen molar-refractivity contribution >= 4 is 29.0 Å². The van der Waals surface area contributed by atoms with E-state index < -0.39 is 0 Å². The minimum Gasteiger partial charge on any atom is -0.361 e. The average molecular weight is 400 g/mol. The fourth-order valence-electron chi connectivity index (χ4n) is 3.53. The van der Waals surface area contributed by atoms with Crippen molar-refractivity contribution in [2.75, 3.05) is 6.54 Å². The van der Waals surface area contributed by atoms with E-state index in [1.807, 2.05) is 30.0 Å². The molecule has 0 aromatic carbocycles. The maximum atomic E-state index is 13.4. The van der Waals surface area contributed by atoms with E-state index in [4.69, 9.17) is 4.52 Å². The zero-order valence-corrected chi connectivity index (χ0v) is 17.0. The summed E-state index contributed by atoms with van der Waals surface area (Å²) in [6.07, 6.45) is 3.57. The van der Waals surface area contributed by atoms with E-state index >= 15 is 0 Å². The number of fused-ring (bicyclic) bond motifs is 1. The van der Waals surface area contributed by atoms with Crippen LogP contribution in [0, 0.1) is 6.92 Å². The van der Waals surface area contributed by atoms with Crippen LogP contribution in [0.5, 0.6) is 0 Å². The zero-order chi connectivity index (χ0) is 18.8. The molecule has 0 saturated heterocycles. The third-order valence-corrected chi connectivity index (χ3v) is 6.81. The molecule has 0 fully saturated rings. The summed E-state index contributed by atoms with van der Waals surface area (Å²) in [5.41, 5.74) is 2.83. The van der Waals surface area contributed by atoms with Crippen LogP contribution in [-0.4, -0.2) is 27.5 Å². The first-order valence-electron chi connectivity index (χ1n) is 9.04. The molecule has 1 atom stereocenters. The second-order valence-corrected chi connectivity index (χ2v) is 8.51. The molecule has 27 heavy (non-hydrogen) atoms. The van der Waals surface area contributed by atoms with Gasteiger partial charge in [-0.15, -0.1) is 11.3 Å². The Morgan fingerprint density at radius 3 is 3.11 bits per heavy atom. The normalized spacial score (nSPS) is 16.4. The Morgan fingerprint density at radius 1 is 1.44 bits per heavy atom.